The van der Waals surface area contributed by atoms with Crippen LogP contribution in [0.4, 0.5) is 5.82 Å². The molecule has 0 aliphatic rings. The Balaban J connectivity index is 3.01. The lowest BCUT2D eigenvalue weighted by molar-refractivity contribution is 0.0493. The molecule has 0 fully saturated rings. The summed E-state index contributed by atoms with van der Waals surface area (Å²) in [6.45, 7) is 9.86. The molecule has 0 aliphatic carbocycles. The third kappa shape index (κ3) is 4.73. The number of aryl methyl sites for hydroxylation is 1. The van der Waals surface area contributed by atoms with Gasteiger partial charge in [-0.25, -0.2) is 9.97 Å². The van der Waals surface area contributed by atoms with Gasteiger partial charge in [0.2, 0.25) is 0 Å². The third-order valence-electron chi connectivity index (χ3n) is 2.78. The molecule has 1 rings (SSSR count). The molecule has 1 heterocycles. The summed E-state index contributed by atoms with van der Waals surface area (Å²) in [6.07, 6.45) is 3.06. The van der Waals surface area contributed by atoms with Crippen LogP contribution >= 0.6 is 15.9 Å². The van der Waals surface area contributed by atoms with Crippen LogP contribution < -0.4 is 5.32 Å². The summed E-state index contributed by atoms with van der Waals surface area (Å²) >= 11 is 3.54. The summed E-state index contributed by atoms with van der Waals surface area (Å²) in [5, 5.41) is 3.33. The van der Waals surface area contributed by atoms with Crippen molar-refractivity contribution in [2.45, 2.75) is 53.1 Å². The van der Waals surface area contributed by atoms with Crippen molar-refractivity contribution in [3.05, 3.63) is 16.0 Å². The second kappa shape index (κ2) is 8.48. The smallest absolute Gasteiger partial charge is 0.159 e. The molecule has 0 aliphatic heterocycles. The minimum atomic E-state index is -0.0102. The van der Waals surface area contributed by atoms with E-state index in [1.165, 1.54) is 0 Å². The van der Waals surface area contributed by atoms with Gasteiger partial charge in [-0.3, -0.25) is 0 Å². The molecule has 0 bridgehead atoms. The fourth-order valence-electron chi connectivity index (χ4n) is 1.84. The van der Waals surface area contributed by atoms with E-state index in [2.05, 4.69) is 45.1 Å². The zero-order valence-corrected chi connectivity index (χ0v) is 13.9. The predicted molar refractivity (Wildman–Crippen MR) is 82.5 cm³/mol. The molecule has 0 radical (unpaired) electrons. The minimum Gasteiger partial charge on any atom is -0.371 e. The molecule has 0 saturated carbocycles. The number of hydrogen-bond donors (Lipinski definition) is 1. The van der Waals surface area contributed by atoms with Crippen LogP contribution in [0.25, 0.3) is 0 Å². The molecule has 1 atom stereocenters. The number of nitrogens with zero attached hydrogens (tertiary/aromatic N) is 2. The van der Waals surface area contributed by atoms with E-state index in [0.29, 0.717) is 6.61 Å². The molecular weight excluding hydrogens is 306 g/mol. The largest absolute Gasteiger partial charge is 0.371 e. The van der Waals surface area contributed by atoms with Crippen LogP contribution in [-0.4, -0.2) is 23.1 Å². The fourth-order valence-corrected chi connectivity index (χ4v) is 2.15. The number of hydrogen-bond acceptors (Lipinski definition) is 4. The summed E-state index contributed by atoms with van der Waals surface area (Å²) in [5.41, 5.74) is 0.949. The number of nitrogens with one attached hydrogen (secondary N) is 1. The Kier molecular flexibility index (Phi) is 7.31. The highest BCUT2D eigenvalue weighted by atomic mass is 79.9. The van der Waals surface area contributed by atoms with E-state index in [1.807, 2.05) is 13.8 Å². The van der Waals surface area contributed by atoms with E-state index in [4.69, 9.17) is 4.74 Å². The summed E-state index contributed by atoms with van der Waals surface area (Å²) in [5.74, 6) is 1.65. The van der Waals surface area contributed by atoms with Crippen LogP contribution in [0.3, 0.4) is 0 Å². The number of aromatic nitrogens is 2. The van der Waals surface area contributed by atoms with Gasteiger partial charge >= 0.3 is 0 Å². The second-order valence-electron chi connectivity index (χ2n) is 4.49. The first kappa shape index (κ1) is 16.4. The molecule has 1 aromatic rings. The maximum absolute atomic E-state index is 5.75. The van der Waals surface area contributed by atoms with Crippen LogP contribution in [0.1, 0.15) is 57.7 Å². The van der Waals surface area contributed by atoms with Gasteiger partial charge in [-0.15, -0.1) is 0 Å². The maximum Gasteiger partial charge on any atom is 0.159 e. The molecule has 4 nitrogen and oxygen atoms in total. The standard InChI is InChI=1S/C14H24BrN3O/c1-5-8-11(19-7-3)13-17-10(4)12(15)14(18-13)16-9-6-2/h11H,5-9H2,1-4H3,(H,16,17,18). The molecule has 0 saturated heterocycles. The average Bonchev–Trinajstić information content (AvgIpc) is 2.40. The summed E-state index contributed by atoms with van der Waals surface area (Å²) < 4.78 is 6.70. The second-order valence-corrected chi connectivity index (χ2v) is 5.28. The number of halogens is 1. The third-order valence-corrected chi connectivity index (χ3v) is 3.73. The SMILES string of the molecule is CCCNc1nc(C(CCC)OCC)nc(C)c1Br. The monoisotopic (exact) mass is 329 g/mol. The predicted octanol–water partition coefficient (Wildman–Crippen LogP) is 4.25. The van der Waals surface area contributed by atoms with E-state index in [0.717, 1.165) is 47.6 Å². The molecule has 0 spiro atoms. The van der Waals surface area contributed by atoms with Crippen LogP contribution in [0.5, 0.6) is 0 Å². The van der Waals surface area contributed by atoms with E-state index < -0.39 is 0 Å². The van der Waals surface area contributed by atoms with Crippen molar-refractivity contribution < 1.29 is 4.74 Å². The highest BCUT2D eigenvalue weighted by Gasteiger charge is 2.17. The average molecular weight is 330 g/mol. The first-order valence-corrected chi connectivity index (χ1v) is 7.82. The topological polar surface area (TPSA) is 47.0 Å². The summed E-state index contributed by atoms with van der Waals surface area (Å²) in [4.78, 5) is 9.17. The Morgan fingerprint density at radius 2 is 1.95 bits per heavy atom. The van der Waals surface area contributed by atoms with Gasteiger partial charge in [0.15, 0.2) is 5.82 Å². The molecule has 0 amide bonds. The fraction of sp³-hybridized carbons (Fsp3) is 0.714. The van der Waals surface area contributed by atoms with Crippen molar-refractivity contribution in [1.29, 1.82) is 0 Å². The van der Waals surface area contributed by atoms with E-state index in [-0.39, 0.29) is 6.10 Å². The van der Waals surface area contributed by atoms with Gasteiger partial charge in [-0.2, -0.15) is 0 Å². The van der Waals surface area contributed by atoms with E-state index in [1.54, 1.807) is 0 Å². The van der Waals surface area contributed by atoms with Crippen LogP contribution in [-0.2, 0) is 4.74 Å². The molecule has 1 N–H and O–H groups in total. The lowest BCUT2D eigenvalue weighted by Crippen LogP contribution is -2.13. The quantitative estimate of drug-likeness (QED) is 0.774. The molecular formula is C14H24BrN3O. The van der Waals surface area contributed by atoms with Gasteiger partial charge in [0.05, 0.1) is 10.2 Å². The van der Waals surface area contributed by atoms with Gasteiger partial charge in [-0.05, 0) is 42.6 Å². The van der Waals surface area contributed by atoms with Crippen LogP contribution in [0, 0.1) is 6.92 Å². The minimum absolute atomic E-state index is 0.0102. The van der Waals surface area contributed by atoms with Gasteiger partial charge in [0, 0.05) is 13.2 Å². The van der Waals surface area contributed by atoms with Crippen molar-refractivity contribution in [2.24, 2.45) is 0 Å². The van der Waals surface area contributed by atoms with Crippen LogP contribution in [0.2, 0.25) is 0 Å². The highest BCUT2D eigenvalue weighted by Crippen LogP contribution is 2.27. The van der Waals surface area contributed by atoms with Crippen molar-refractivity contribution >= 4 is 21.7 Å². The Morgan fingerprint density at radius 1 is 1.21 bits per heavy atom. The molecule has 1 unspecified atom stereocenters. The van der Waals surface area contributed by atoms with Gasteiger partial charge in [-0.1, -0.05) is 20.3 Å². The highest BCUT2D eigenvalue weighted by molar-refractivity contribution is 9.10. The van der Waals surface area contributed by atoms with Crippen molar-refractivity contribution in [3.8, 4) is 0 Å². The van der Waals surface area contributed by atoms with E-state index >= 15 is 0 Å². The van der Waals surface area contributed by atoms with Gasteiger partial charge in [0.25, 0.3) is 0 Å². The zero-order chi connectivity index (χ0) is 14.3. The number of anilines is 1. The van der Waals surface area contributed by atoms with E-state index in [9.17, 15) is 0 Å². The summed E-state index contributed by atoms with van der Waals surface area (Å²) in [6, 6.07) is 0. The Hall–Kier alpha value is -0.680. The molecule has 19 heavy (non-hydrogen) atoms. The molecule has 0 aromatic carbocycles. The first-order valence-electron chi connectivity index (χ1n) is 7.03. The van der Waals surface area contributed by atoms with Crippen molar-refractivity contribution in [1.82, 2.24) is 9.97 Å². The Morgan fingerprint density at radius 3 is 2.53 bits per heavy atom. The Bertz CT molecular complexity index is 393. The first-order chi connectivity index (χ1) is 9.13. The molecule has 108 valence electrons. The molecule has 5 heteroatoms. The molecule has 1 aromatic heterocycles. The Labute approximate surface area is 124 Å². The van der Waals surface area contributed by atoms with Gasteiger partial charge < -0.3 is 10.1 Å². The van der Waals surface area contributed by atoms with Crippen molar-refractivity contribution in [3.63, 3.8) is 0 Å². The normalized spacial score (nSPS) is 12.5. The maximum atomic E-state index is 5.75. The number of ether oxygens (including phenoxy) is 1. The lowest BCUT2D eigenvalue weighted by Gasteiger charge is -2.17. The summed E-state index contributed by atoms with van der Waals surface area (Å²) in [7, 11) is 0. The van der Waals surface area contributed by atoms with Gasteiger partial charge in [0.1, 0.15) is 11.9 Å². The van der Waals surface area contributed by atoms with Crippen molar-refractivity contribution in [2.75, 3.05) is 18.5 Å². The lowest BCUT2D eigenvalue weighted by atomic mass is 10.2. The number of rotatable bonds is 8. The zero-order valence-electron chi connectivity index (χ0n) is 12.3. The van der Waals surface area contributed by atoms with Crippen LogP contribution in [0.15, 0.2) is 4.47 Å².